The summed E-state index contributed by atoms with van der Waals surface area (Å²) in [5, 5.41) is 6.67. The van der Waals surface area contributed by atoms with Gasteiger partial charge in [-0.05, 0) is 24.6 Å². The van der Waals surface area contributed by atoms with Crippen LogP contribution >= 0.6 is 11.6 Å². The number of alkyl halides is 3. The zero-order valence-corrected chi connectivity index (χ0v) is 13.8. The Hall–Kier alpha value is -2.55. The van der Waals surface area contributed by atoms with Crippen molar-refractivity contribution in [3.05, 3.63) is 51.9 Å². The number of aromatic nitrogens is 3. The SMILES string of the molecule is COC(=O)C1=C(C)Nc2nc(C(F)(F)F)nn2[C@H]1c1ccc(Cl)cc1. The summed E-state index contributed by atoms with van der Waals surface area (Å²) >= 11 is 5.87. The van der Waals surface area contributed by atoms with Crippen molar-refractivity contribution in [2.45, 2.75) is 19.1 Å². The molecule has 0 radical (unpaired) electrons. The second kappa shape index (κ2) is 6.07. The molecule has 1 N–H and O–H groups in total. The third kappa shape index (κ3) is 3.07. The highest BCUT2D eigenvalue weighted by Crippen LogP contribution is 2.38. The van der Waals surface area contributed by atoms with Gasteiger partial charge in [-0.2, -0.15) is 18.2 Å². The van der Waals surface area contributed by atoms with E-state index in [2.05, 4.69) is 15.4 Å². The van der Waals surface area contributed by atoms with Gasteiger partial charge in [-0.3, -0.25) is 0 Å². The fourth-order valence-corrected chi connectivity index (χ4v) is 2.72. The van der Waals surface area contributed by atoms with Crippen LogP contribution in [0.25, 0.3) is 0 Å². The van der Waals surface area contributed by atoms with Crippen molar-refractivity contribution in [2.75, 3.05) is 12.4 Å². The number of benzene rings is 1. The molecule has 1 atom stereocenters. The second-order valence-electron chi connectivity index (χ2n) is 5.31. The predicted octanol–water partition coefficient (Wildman–Crippen LogP) is 3.41. The Morgan fingerprint density at radius 2 is 1.96 bits per heavy atom. The first kappa shape index (κ1) is 17.3. The van der Waals surface area contributed by atoms with Crippen molar-refractivity contribution < 1.29 is 22.7 Å². The quantitative estimate of drug-likeness (QED) is 0.818. The molecule has 0 saturated heterocycles. The van der Waals surface area contributed by atoms with E-state index in [1.54, 1.807) is 31.2 Å². The van der Waals surface area contributed by atoms with Crippen molar-refractivity contribution in [1.29, 1.82) is 0 Å². The van der Waals surface area contributed by atoms with E-state index in [4.69, 9.17) is 16.3 Å². The monoisotopic (exact) mass is 372 g/mol. The Morgan fingerprint density at radius 3 is 2.52 bits per heavy atom. The summed E-state index contributed by atoms with van der Waals surface area (Å²) in [5.74, 6) is -2.09. The molecular formula is C15H12ClF3N4O2. The summed E-state index contributed by atoms with van der Waals surface area (Å²) < 4.78 is 44.8. The summed E-state index contributed by atoms with van der Waals surface area (Å²) in [7, 11) is 1.19. The topological polar surface area (TPSA) is 69.0 Å². The standard InChI is InChI=1S/C15H12ClF3N4O2/c1-7-10(12(24)25-2)11(8-3-5-9(16)6-4-8)23-14(20-7)21-13(22-23)15(17,18)19/h3-6,11H,1-2H3,(H,20,21,22)/t11-/m0/s1. The number of allylic oxidation sites excluding steroid dienone is 1. The molecule has 0 saturated carbocycles. The van der Waals surface area contributed by atoms with Gasteiger partial charge in [-0.25, -0.2) is 9.48 Å². The zero-order chi connectivity index (χ0) is 18.4. The number of fused-ring (bicyclic) bond motifs is 1. The average molecular weight is 373 g/mol. The van der Waals surface area contributed by atoms with Crippen LogP contribution in [0.3, 0.4) is 0 Å². The number of carbonyl (C=O) groups is 1. The summed E-state index contributed by atoms with van der Waals surface area (Å²) in [6, 6.07) is 5.43. The molecule has 1 aromatic heterocycles. The van der Waals surface area contributed by atoms with Crippen LogP contribution in [0.2, 0.25) is 5.02 Å². The molecule has 0 spiro atoms. The molecule has 0 unspecified atom stereocenters. The predicted molar refractivity (Wildman–Crippen MR) is 83.0 cm³/mol. The molecule has 2 aromatic rings. The van der Waals surface area contributed by atoms with Crippen LogP contribution < -0.4 is 5.32 Å². The average Bonchev–Trinajstić information content (AvgIpc) is 2.97. The molecule has 132 valence electrons. The van der Waals surface area contributed by atoms with Gasteiger partial charge < -0.3 is 10.1 Å². The minimum Gasteiger partial charge on any atom is -0.466 e. The van der Waals surface area contributed by atoms with Crippen LogP contribution in [0, 0.1) is 0 Å². The van der Waals surface area contributed by atoms with Crippen molar-refractivity contribution in [2.24, 2.45) is 0 Å². The minimum atomic E-state index is -4.71. The smallest absolute Gasteiger partial charge is 0.453 e. The summed E-state index contributed by atoms with van der Waals surface area (Å²) in [6.07, 6.45) is -4.71. The molecule has 0 amide bonds. The fraction of sp³-hybridized carbons (Fsp3) is 0.267. The van der Waals surface area contributed by atoms with Gasteiger partial charge in [0.1, 0.15) is 6.04 Å². The Kier molecular flexibility index (Phi) is 4.19. The summed E-state index contributed by atoms with van der Waals surface area (Å²) in [4.78, 5) is 15.7. The first-order chi connectivity index (χ1) is 11.7. The maximum absolute atomic E-state index is 13.0. The van der Waals surface area contributed by atoms with E-state index in [0.29, 0.717) is 16.3 Å². The number of nitrogens with one attached hydrogen (secondary N) is 1. The molecule has 25 heavy (non-hydrogen) atoms. The van der Waals surface area contributed by atoms with Crippen molar-refractivity contribution in [3.63, 3.8) is 0 Å². The zero-order valence-electron chi connectivity index (χ0n) is 13.1. The van der Waals surface area contributed by atoms with E-state index < -0.39 is 24.0 Å². The first-order valence-electron chi connectivity index (χ1n) is 7.07. The van der Waals surface area contributed by atoms with E-state index in [1.807, 2.05) is 0 Å². The minimum absolute atomic E-state index is 0.113. The molecule has 0 bridgehead atoms. The largest absolute Gasteiger partial charge is 0.466 e. The molecule has 0 aliphatic carbocycles. The molecular weight excluding hydrogens is 361 g/mol. The summed E-state index contributed by atoms with van der Waals surface area (Å²) in [6.45, 7) is 1.56. The van der Waals surface area contributed by atoms with E-state index in [0.717, 1.165) is 4.68 Å². The van der Waals surface area contributed by atoms with Crippen molar-refractivity contribution in [3.8, 4) is 0 Å². The Bertz CT molecular complexity index is 859. The third-order valence-corrected chi connectivity index (χ3v) is 3.95. The third-order valence-electron chi connectivity index (χ3n) is 3.70. The maximum Gasteiger partial charge on any atom is 0.453 e. The molecule has 10 heteroatoms. The molecule has 2 heterocycles. The van der Waals surface area contributed by atoms with Crippen LogP contribution in [0.4, 0.5) is 19.1 Å². The molecule has 3 rings (SSSR count). The van der Waals surface area contributed by atoms with Gasteiger partial charge in [0, 0.05) is 10.7 Å². The van der Waals surface area contributed by atoms with E-state index in [9.17, 15) is 18.0 Å². The van der Waals surface area contributed by atoms with Gasteiger partial charge in [0.25, 0.3) is 5.82 Å². The lowest BCUT2D eigenvalue weighted by Gasteiger charge is -2.27. The van der Waals surface area contributed by atoms with Gasteiger partial charge >= 0.3 is 12.1 Å². The number of rotatable bonds is 2. The number of carbonyl (C=O) groups excluding carboxylic acids is 1. The van der Waals surface area contributed by atoms with Crippen LogP contribution in [-0.2, 0) is 15.7 Å². The Balaban J connectivity index is 2.20. The summed E-state index contributed by atoms with van der Waals surface area (Å²) in [5.41, 5.74) is 0.988. The second-order valence-corrected chi connectivity index (χ2v) is 5.75. The molecule has 1 aromatic carbocycles. The van der Waals surface area contributed by atoms with E-state index in [1.165, 1.54) is 7.11 Å². The van der Waals surface area contributed by atoms with Crippen LogP contribution in [0.15, 0.2) is 35.5 Å². The maximum atomic E-state index is 13.0. The first-order valence-corrected chi connectivity index (χ1v) is 7.45. The number of esters is 1. The normalized spacial score (nSPS) is 17.1. The van der Waals surface area contributed by atoms with Crippen LogP contribution in [0.5, 0.6) is 0 Å². The Labute approximate surface area is 145 Å². The molecule has 6 nitrogen and oxygen atoms in total. The van der Waals surface area contributed by atoms with E-state index in [-0.39, 0.29) is 11.5 Å². The van der Waals surface area contributed by atoms with Gasteiger partial charge in [0.05, 0.1) is 12.7 Å². The molecule has 1 aliphatic heterocycles. The van der Waals surface area contributed by atoms with Crippen LogP contribution in [-0.4, -0.2) is 27.8 Å². The fourth-order valence-electron chi connectivity index (χ4n) is 2.60. The number of ether oxygens (including phenoxy) is 1. The number of hydrogen-bond donors (Lipinski definition) is 1. The number of halogens is 4. The molecule has 0 fully saturated rings. The lowest BCUT2D eigenvalue weighted by Crippen LogP contribution is -2.29. The van der Waals surface area contributed by atoms with E-state index >= 15 is 0 Å². The molecule has 1 aliphatic rings. The van der Waals surface area contributed by atoms with Crippen molar-refractivity contribution in [1.82, 2.24) is 14.8 Å². The highest BCUT2D eigenvalue weighted by Gasteiger charge is 2.41. The van der Waals surface area contributed by atoms with Gasteiger partial charge in [0.2, 0.25) is 5.95 Å². The number of nitrogens with zero attached hydrogens (tertiary/aromatic N) is 3. The number of hydrogen-bond acceptors (Lipinski definition) is 5. The lowest BCUT2D eigenvalue weighted by molar-refractivity contribution is -0.145. The van der Waals surface area contributed by atoms with Gasteiger partial charge in [-0.15, -0.1) is 5.10 Å². The number of anilines is 1. The van der Waals surface area contributed by atoms with Crippen molar-refractivity contribution >= 4 is 23.5 Å². The van der Waals surface area contributed by atoms with Crippen LogP contribution in [0.1, 0.15) is 24.4 Å². The van der Waals surface area contributed by atoms with Gasteiger partial charge in [0.15, 0.2) is 0 Å². The highest BCUT2D eigenvalue weighted by atomic mass is 35.5. The highest BCUT2D eigenvalue weighted by molar-refractivity contribution is 6.30. The van der Waals surface area contributed by atoms with Gasteiger partial charge in [-0.1, -0.05) is 23.7 Å². The number of methoxy groups -OCH3 is 1. The Morgan fingerprint density at radius 1 is 1.32 bits per heavy atom. The lowest BCUT2D eigenvalue weighted by atomic mass is 9.96.